The van der Waals surface area contributed by atoms with E-state index in [2.05, 4.69) is 38.5 Å². The molecule has 0 spiro atoms. The van der Waals surface area contributed by atoms with Crippen LogP contribution in [0.15, 0.2) is 49.1 Å². The lowest BCUT2D eigenvalue weighted by molar-refractivity contribution is -0.0342. The Morgan fingerprint density at radius 2 is 1.88 bits per heavy atom. The molecule has 5 rings (SSSR count). The van der Waals surface area contributed by atoms with Crippen LogP contribution in [0.1, 0.15) is 25.6 Å². The van der Waals surface area contributed by atoms with Gasteiger partial charge in [-0.05, 0) is 36.8 Å². The second-order valence-corrected chi connectivity index (χ2v) is 8.73. The van der Waals surface area contributed by atoms with Gasteiger partial charge in [-0.15, -0.1) is 0 Å². The lowest BCUT2D eigenvalue weighted by Crippen LogP contribution is -2.37. The van der Waals surface area contributed by atoms with Crippen LogP contribution in [0, 0.1) is 0 Å². The summed E-state index contributed by atoms with van der Waals surface area (Å²) < 4.78 is 13.6. The Hall–Kier alpha value is -3.31. The van der Waals surface area contributed by atoms with Gasteiger partial charge in [-0.1, -0.05) is 24.3 Å². The van der Waals surface area contributed by atoms with E-state index in [1.54, 1.807) is 4.57 Å². The molecule has 178 valence electrons. The maximum atomic E-state index is 10.7. The highest BCUT2D eigenvalue weighted by Gasteiger charge is 2.44. The van der Waals surface area contributed by atoms with E-state index in [4.69, 9.17) is 15.2 Å². The second kappa shape index (κ2) is 9.15. The van der Waals surface area contributed by atoms with E-state index in [0.29, 0.717) is 24.3 Å². The zero-order chi connectivity index (χ0) is 23.8. The van der Waals surface area contributed by atoms with Gasteiger partial charge in [0.1, 0.15) is 35.9 Å². The molecule has 0 bridgehead atoms. The Morgan fingerprint density at radius 1 is 1.12 bits per heavy atom. The number of imidazole rings is 1. The molecule has 1 saturated heterocycles. The molecule has 0 amide bonds. The first-order valence-corrected chi connectivity index (χ1v) is 11.3. The zero-order valence-electron chi connectivity index (χ0n) is 19.0. The first-order valence-electron chi connectivity index (χ1n) is 11.3. The molecule has 1 aliphatic heterocycles. The predicted octanol–water partition coefficient (Wildman–Crippen LogP) is 1.76. The van der Waals surface area contributed by atoms with Gasteiger partial charge in [0.25, 0.3) is 0 Å². The van der Waals surface area contributed by atoms with Crippen LogP contribution >= 0.6 is 0 Å². The quantitative estimate of drug-likeness (QED) is 0.322. The number of nitrogens with two attached hydrogens (primary N) is 1. The fourth-order valence-electron chi connectivity index (χ4n) is 4.30. The fraction of sp³-hybridized carbons (Fsp3) is 0.375. The summed E-state index contributed by atoms with van der Waals surface area (Å²) in [4.78, 5) is 12.3. The van der Waals surface area contributed by atoms with E-state index < -0.39 is 24.5 Å². The van der Waals surface area contributed by atoms with Crippen molar-refractivity contribution in [3.63, 3.8) is 0 Å². The number of nitrogens with zero attached hydrogens (tertiary/aromatic N) is 4. The minimum atomic E-state index is -1.15. The number of rotatable bonds is 7. The molecule has 1 fully saturated rings. The van der Waals surface area contributed by atoms with E-state index in [1.165, 1.54) is 12.7 Å². The molecule has 34 heavy (non-hydrogen) atoms. The molecule has 10 heteroatoms. The van der Waals surface area contributed by atoms with Gasteiger partial charge in [0.2, 0.25) is 0 Å². The van der Waals surface area contributed by atoms with Crippen LogP contribution in [0.25, 0.3) is 21.9 Å². The smallest absolute Gasteiger partial charge is 0.167 e. The summed E-state index contributed by atoms with van der Waals surface area (Å²) in [6, 6.07) is 12.3. The van der Waals surface area contributed by atoms with Crippen molar-refractivity contribution in [2.75, 3.05) is 12.3 Å². The summed E-state index contributed by atoms with van der Waals surface area (Å²) >= 11 is 0. The van der Waals surface area contributed by atoms with Crippen molar-refractivity contribution >= 4 is 27.8 Å². The highest BCUT2D eigenvalue weighted by molar-refractivity contribution is 5.85. The molecule has 1 aliphatic rings. The van der Waals surface area contributed by atoms with E-state index in [9.17, 15) is 10.2 Å². The van der Waals surface area contributed by atoms with Crippen LogP contribution in [-0.4, -0.2) is 60.7 Å². The van der Waals surface area contributed by atoms with Gasteiger partial charge >= 0.3 is 0 Å². The van der Waals surface area contributed by atoms with E-state index in [1.807, 2.05) is 32.0 Å². The number of aromatic nitrogens is 4. The molecule has 0 unspecified atom stereocenters. The van der Waals surface area contributed by atoms with Crippen LogP contribution in [-0.2, 0) is 11.3 Å². The van der Waals surface area contributed by atoms with Crippen molar-refractivity contribution in [3.05, 3.63) is 54.6 Å². The zero-order valence-corrected chi connectivity index (χ0v) is 19.0. The standard InChI is InChI=1S/C24H28N6O4/c1-13(2)33-17-8-15-6-4-3-5-14(15)7-16(17)9-26-10-18-20(31)21(32)24(34-18)30-12-29-19-22(25)27-11-28-23(19)30/h3-8,11-13,18,20-21,24,26,31-32H,9-10H2,1-2H3,(H2,25,27,28)/t18-,20-,21-,24-/m1/s1. The van der Waals surface area contributed by atoms with Gasteiger partial charge in [0, 0.05) is 18.7 Å². The molecule has 0 radical (unpaired) electrons. The number of ether oxygens (including phenoxy) is 2. The van der Waals surface area contributed by atoms with Crippen LogP contribution in [0.2, 0.25) is 0 Å². The van der Waals surface area contributed by atoms with Crippen molar-refractivity contribution in [2.24, 2.45) is 0 Å². The first kappa shape index (κ1) is 22.5. The Morgan fingerprint density at radius 3 is 2.65 bits per heavy atom. The van der Waals surface area contributed by atoms with Crippen molar-refractivity contribution < 1.29 is 19.7 Å². The molecular weight excluding hydrogens is 436 g/mol. The average Bonchev–Trinajstić information content (AvgIpc) is 3.36. The van der Waals surface area contributed by atoms with E-state index in [0.717, 1.165) is 22.1 Å². The SMILES string of the molecule is CC(C)Oc1cc2ccccc2cc1CNC[C@H]1O[C@@H](n2cnc3c(N)ncnc32)[C@H](O)[C@@H]1O. The summed E-state index contributed by atoms with van der Waals surface area (Å²) in [5.74, 6) is 1.05. The number of hydrogen-bond acceptors (Lipinski definition) is 9. The Balaban J connectivity index is 1.30. The Labute approximate surface area is 196 Å². The number of nitrogens with one attached hydrogen (secondary N) is 1. The number of nitrogen functional groups attached to an aromatic ring is 1. The van der Waals surface area contributed by atoms with Gasteiger partial charge in [-0.25, -0.2) is 15.0 Å². The molecule has 0 saturated carbocycles. The third-order valence-corrected chi connectivity index (χ3v) is 5.95. The van der Waals surface area contributed by atoms with Crippen molar-refractivity contribution in [1.82, 2.24) is 24.8 Å². The van der Waals surface area contributed by atoms with Crippen molar-refractivity contribution in [2.45, 2.75) is 51.0 Å². The van der Waals surface area contributed by atoms with Gasteiger partial charge in [0.05, 0.1) is 12.4 Å². The minimum absolute atomic E-state index is 0.0404. The highest BCUT2D eigenvalue weighted by atomic mass is 16.6. The molecule has 4 atom stereocenters. The van der Waals surface area contributed by atoms with Gasteiger partial charge in [-0.3, -0.25) is 4.57 Å². The lowest BCUT2D eigenvalue weighted by Gasteiger charge is -2.18. The van der Waals surface area contributed by atoms with Gasteiger partial charge in [-0.2, -0.15) is 0 Å². The molecule has 3 heterocycles. The average molecular weight is 465 g/mol. The second-order valence-electron chi connectivity index (χ2n) is 8.73. The molecule has 10 nitrogen and oxygen atoms in total. The topological polar surface area (TPSA) is 141 Å². The number of aliphatic hydroxyl groups excluding tert-OH is 2. The molecule has 2 aromatic heterocycles. The monoisotopic (exact) mass is 464 g/mol. The Bertz CT molecular complexity index is 1310. The number of hydrogen-bond donors (Lipinski definition) is 4. The largest absolute Gasteiger partial charge is 0.491 e. The number of aliphatic hydroxyl groups is 2. The van der Waals surface area contributed by atoms with E-state index in [-0.39, 0.29) is 11.9 Å². The summed E-state index contributed by atoms with van der Waals surface area (Å²) in [6.45, 7) is 4.83. The molecule has 0 aliphatic carbocycles. The first-order chi connectivity index (χ1) is 16.4. The van der Waals surface area contributed by atoms with Crippen LogP contribution in [0.4, 0.5) is 5.82 Å². The normalized spacial score (nSPS) is 22.7. The third-order valence-electron chi connectivity index (χ3n) is 5.95. The van der Waals surface area contributed by atoms with Crippen LogP contribution in [0.3, 0.4) is 0 Å². The molecule has 5 N–H and O–H groups in total. The van der Waals surface area contributed by atoms with Crippen LogP contribution < -0.4 is 15.8 Å². The highest BCUT2D eigenvalue weighted by Crippen LogP contribution is 2.32. The molecular formula is C24H28N6O4. The Kier molecular flexibility index (Phi) is 6.05. The fourth-order valence-corrected chi connectivity index (χ4v) is 4.30. The molecule has 4 aromatic rings. The third kappa shape index (κ3) is 4.16. The number of anilines is 1. The minimum Gasteiger partial charge on any atom is -0.491 e. The predicted molar refractivity (Wildman–Crippen MR) is 127 cm³/mol. The number of fused-ring (bicyclic) bond motifs is 2. The molecule has 2 aromatic carbocycles. The number of benzene rings is 2. The maximum Gasteiger partial charge on any atom is 0.167 e. The summed E-state index contributed by atoms with van der Waals surface area (Å²) in [5.41, 5.74) is 7.71. The lowest BCUT2D eigenvalue weighted by atomic mass is 10.1. The van der Waals surface area contributed by atoms with Crippen LogP contribution in [0.5, 0.6) is 5.75 Å². The van der Waals surface area contributed by atoms with Gasteiger partial charge < -0.3 is 30.7 Å². The summed E-state index contributed by atoms with van der Waals surface area (Å²) in [6.07, 6.45) is -0.867. The summed E-state index contributed by atoms with van der Waals surface area (Å²) in [7, 11) is 0. The maximum absolute atomic E-state index is 10.7. The van der Waals surface area contributed by atoms with Crippen molar-refractivity contribution in [3.8, 4) is 5.75 Å². The van der Waals surface area contributed by atoms with Crippen molar-refractivity contribution in [1.29, 1.82) is 0 Å². The van der Waals surface area contributed by atoms with E-state index >= 15 is 0 Å². The summed E-state index contributed by atoms with van der Waals surface area (Å²) in [5, 5.41) is 26.9. The van der Waals surface area contributed by atoms with Gasteiger partial charge in [0.15, 0.2) is 17.7 Å².